The molecule has 0 saturated carbocycles. The Morgan fingerprint density at radius 2 is 0.906 bits per heavy atom. The Hall–Kier alpha value is -6.70. The molecule has 9 aromatic rings. The fourth-order valence-corrected chi connectivity index (χ4v) is 8.66. The normalized spacial score (nSPS) is 14.6. The maximum Gasteiger partial charge on any atom is 0.0540 e. The van der Waals surface area contributed by atoms with Gasteiger partial charge in [-0.2, -0.15) is 0 Å². The molecule has 0 amide bonds. The average Bonchev–Trinajstić information content (AvgIpc) is 3.50. The zero-order chi connectivity index (χ0) is 35.4. The van der Waals surface area contributed by atoms with Gasteiger partial charge in [0.15, 0.2) is 0 Å². The topological polar surface area (TPSA) is 3.24 Å². The number of rotatable bonds is 6. The van der Waals surface area contributed by atoms with Crippen molar-refractivity contribution in [3.63, 3.8) is 0 Å². The van der Waals surface area contributed by atoms with Crippen LogP contribution in [0.25, 0.3) is 54.9 Å². The second kappa shape index (κ2) is 12.5. The van der Waals surface area contributed by atoms with E-state index in [2.05, 4.69) is 218 Å². The second-order valence-corrected chi connectivity index (χ2v) is 14.3. The molecule has 0 fully saturated rings. The molecule has 1 heteroatoms. The first-order valence-electron chi connectivity index (χ1n) is 18.4. The third-order valence-corrected chi connectivity index (χ3v) is 11.3. The molecule has 0 radical (unpaired) electrons. The maximum atomic E-state index is 2.43. The molecular weight excluding hydrogens is 639 g/mol. The lowest BCUT2D eigenvalue weighted by molar-refractivity contribution is 0.714. The molecule has 9 aromatic carbocycles. The van der Waals surface area contributed by atoms with E-state index in [9.17, 15) is 0 Å². The van der Waals surface area contributed by atoms with Gasteiger partial charge in [-0.25, -0.2) is 0 Å². The molecule has 250 valence electrons. The summed E-state index contributed by atoms with van der Waals surface area (Å²) in [6, 6.07) is 75.6. The lowest BCUT2D eigenvalue weighted by Crippen LogP contribution is -2.22. The molecule has 10 rings (SSSR count). The summed E-state index contributed by atoms with van der Waals surface area (Å²) >= 11 is 0. The highest BCUT2D eigenvalue weighted by molar-refractivity contribution is 6.00. The minimum Gasteiger partial charge on any atom is -0.310 e. The van der Waals surface area contributed by atoms with E-state index >= 15 is 0 Å². The number of hydrogen-bond donors (Lipinski definition) is 0. The van der Waals surface area contributed by atoms with Crippen LogP contribution in [0.15, 0.2) is 206 Å². The van der Waals surface area contributed by atoms with E-state index in [4.69, 9.17) is 0 Å². The van der Waals surface area contributed by atoms with Gasteiger partial charge < -0.3 is 4.90 Å². The maximum absolute atomic E-state index is 2.43. The summed E-state index contributed by atoms with van der Waals surface area (Å²) < 4.78 is 0. The van der Waals surface area contributed by atoms with Gasteiger partial charge in [-0.1, -0.05) is 170 Å². The number of para-hydroxylation sites is 1. The molecule has 1 aliphatic carbocycles. The van der Waals surface area contributed by atoms with Crippen LogP contribution in [0.3, 0.4) is 0 Å². The minimum absolute atomic E-state index is 0.269. The van der Waals surface area contributed by atoms with Crippen LogP contribution >= 0.6 is 0 Å². The van der Waals surface area contributed by atoms with Crippen LogP contribution in [0.4, 0.5) is 17.1 Å². The van der Waals surface area contributed by atoms with Crippen molar-refractivity contribution in [2.75, 3.05) is 4.90 Å². The van der Waals surface area contributed by atoms with Crippen molar-refractivity contribution >= 4 is 38.6 Å². The van der Waals surface area contributed by atoms with Crippen LogP contribution in [0.2, 0.25) is 0 Å². The molecule has 0 bridgehead atoms. The summed E-state index contributed by atoms with van der Waals surface area (Å²) in [5.74, 6) is 0. The minimum atomic E-state index is -0.269. The highest BCUT2D eigenvalue weighted by atomic mass is 15.1. The van der Waals surface area contributed by atoms with Crippen molar-refractivity contribution in [2.24, 2.45) is 0 Å². The Kier molecular flexibility index (Phi) is 7.33. The Morgan fingerprint density at radius 1 is 0.358 bits per heavy atom. The van der Waals surface area contributed by atoms with Gasteiger partial charge in [-0.05, 0) is 109 Å². The molecule has 0 spiro atoms. The SMILES string of the molecule is CC1(c2ccccc2)c2ccccc2-c2c(-c3ccccc3N(c3ccc(-c4ccc5ccccc5c4)cc3)c3ccc4ccccc4c3)cccc21. The average molecular weight is 676 g/mol. The zero-order valence-corrected chi connectivity index (χ0v) is 29.6. The van der Waals surface area contributed by atoms with Crippen LogP contribution in [-0.2, 0) is 5.41 Å². The monoisotopic (exact) mass is 675 g/mol. The summed E-state index contributed by atoms with van der Waals surface area (Å²) in [6.07, 6.45) is 0. The zero-order valence-electron chi connectivity index (χ0n) is 29.6. The van der Waals surface area contributed by atoms with Crippen LogP contribution in [0.1, 0.15) is 23.6 Å². The third kappa shape index (κ3) is 5.08. The van der Waals surface area contributed by atoms with Gasteiger partial charge in [0.25, 0.3) is 0 Å². The summed E-state index contributed by atoms with van der Waals surface area (Å²) in [7, 11) is 0. The van der Waals surface area contributed by atoms with Crippen LogP contribution in [0, 0.1) is 0 Å². The molecule has 1 atom stereocenters. The van der Waals surface area contributed by atoms with Gasteiger partial charge in [0.2, 0.25) is 0 Å². The highest BCUT2D eigenvalue weighted by Crippen LogP contribution is 2.56. The summed E-state index contributed by atoms with van der Waals surface area (Å²) in [4.78, 5) is 2.43. The summed E-state index contributed by atoms with van der Waals surface area (Å²) in [5, 5.41) is 4.95. The predicted molar refractivity (Wildman–Crippen MR) is 224 cm³/mol. The lowest BCUT2D eigenvalue weighted by Gasteiger charge is -2.30. The molecular formula is C52H37N. The molecule has 0 saturated heterocycles. The van der Waals surface area contributed by atoms with E-state index in [0.29, 0.717) is 0 Å². The molecule has 1 nitrogen and oxygen atoms in total. The number of nitrogens with zero attached hydrogens (tertiary/aromatic N) is 1. The standard InChI is InChI=1S/C52H37N/c1-52(42-18-3-2-4-19-42)48-23-11-9-21-47(48)51-46(22-13-24-49(51)52)45-20-10-12-25-50(45)53(44-33-30-37-15-6-8-17-40(37)35-44)43-31-28-38(29-32-43)41-27-26-36-14-5-7-16-39(36)34-41/h2-35H,1H3. The van der Waals surface area contributed by atoms with Crippen molar-refractivity contribution in [2.45, 2.75) is 12.3 Å². The van der Waals surface area contributed by atoms with Crippen LogP contribution < -0.4 is 4.90 Å². The Balaban J connectivity index is 1.17. The first-order chi connectivity index (χ1) is 26.2. The molecule has 0 heterocycles. The van der Waals surface area contributed by atoms with Gasteiger partial charge in [-0.3, -0.25) is 0 Å². The van der Waals surface area contributed by atoms with E-state index in [1.54, 1.807) is 0 Å². The lowest BCUT2D eigenvalue weighted by atomic mass is 9.74. The Morgan fingerprint density at radius 3 is 1.68 bits per heavy atom. The summed E-state index contributed by atoms with van der Waals surface area (Å²) in [6.45, 7) is 2.39. The number of hydrogen-bond acceptors (Lipinski definition) is 1. The highest BCUT2D eigenvalue weighted by Gasteiger charge is 2.41. The van der Waals surface area contributed by atoms with Gasteiger partial charge >= 0.3 is 0 Å². The second-order valence-electron chi connectivity index (χ2n) is 14.3. The largest absolute Gasteiger partial charge is 0.310 e. The fraction of sp³-hybridized carbons (Fsp3) is 0.0385. The smallest absolute Gasteiger partial charge is 0.0540 e. The first-order valence-corrected chi connectivity index (χ1v) is 18.4. The van der Waals surface area contributed by atoms with E-state index in [1.165, 1.54) is 71.6 Å². The van der Waals surface area contributed by atoms with Gasteiger partial charge in [0.1, 0.15) is 0 Å². The van der Waals surface area contributed by atoms with Crippen molar-refractivity contribution < 1.29 is 0 Å². The molecule has 1 aliphatic rings. The predicted octanol–water partition coefficient (Wildman–Crippen LogP) is 14.1. The van der Waals surface area contributed by atoms with Crippen molar-refractivity contribution in [3.05, 3.63) is 223 Å². The molecule has 0 aliphatic heterocycles. The Labute approximate surface area is 311 Å². The third-order valence-electron chi connectivity index (χ3n) is 11.3. The Bertz CT molecular complexity index is 2800. The first kappa shape index (κ1) is 31.1. The van der Waals surface area contributed by atoms with E-state index in [1.807, 2.05) is 0 Å². The van der Waals surface area contributed by atoms with E-state index < -0.39 is 0 Å². The fourth-order valence-electron chi connectivity index (χ4n) is 8.66. The molecule has 1 unspecified atom stereocenters. The number of fused-ring (bicyclic) bond motifs is 5. The van der Waals surface area contributed by atoms with E-state index in [-0.39, 0.29) is 5.41 Å². The van der Waals surface area contributed by atoms with Crippen LogP contribution in [-0.4, -0.2) is 0 Å². The molecule has 53 heavy (non-hydrogen) atoms. The van der Waals surface area contributed by atoms with Crippen molar-refractivity contribution in [3.8, 4) is 33.4 Å². The van der Waals surface area contributed by atoms with Crippen LogP contribution in [0.5, 0.6) is 0 Å². The molecule has 0 N–H and O–H groups in total. The van der Waals surface area contributed by atoms with Crippen molar-refractivity contribution in [1.82, 2.24) is 0 Å². The van der Waals surface area contributed by atoms with E-state index in [0.717, 1.165) is 17.1 Å². The number of anilines is 3. The molecule has 0 aromatic heterocycles. The van der Waals surface area contributed by atoms with Crippen molar-refractivity contribution in [1.29, 1.82) is 0 Å². The van der Waals surface area contributed by atoms with Gasteiger partial charge in [0.05, 0.1) is 5.69 Å². The van der Waals surface area contributed by atoms with Gasteiger partial charge in [-0.15, -0.1) is 0 Å². The quantitative estimate of drug-likeness (QED) is 0.170. The van der Waals surface area contributed by atoms with Gasteiger partial charge in [0, 0.05) is 22.4 Å². The summed E-state index contributed by atoms with van der Waals surface area (Å²) in [5.41, 5.74) is 14.6. The number of benzene rings is 9.